The zero-order chi connectivity index (χ0) is 15.3. The number of methoxy groups -OCH3 is 2. The first-order chi connectivity index (χ1) is 9.37. The second-order valence-corrected chi connectivity index (χ2v) is 5.89. The Balaban J connectivity index is 3.48. The molecule has 0 aromatic heterocycles. The number of rotatable bonds is 6. The zero-order valence-corrected chi connectivity index (χ0v) is 11.9. The van der Waals surface area contributed by atoms with Crippen molar-refractivity contribution in [1.29, 1.82) is 0 Å². The molecule has 0 spiro atoms. The predicted molar refractivity (Wildman–Crippen MR) is 72.0 cm³/mol. The van der Waals surface area contributed by atoms with Crippen LogP contribution in [0.5, 0.6) is 11.5 Å². The van der Waals surface area contributed by atoms with Crippen LogP contribution in [0.3, 0.4) is 0 Å². The molecule has 7 heteroatoms. The van der Waals surface area contributed by atoms with E-state index in [9.17, 15) is 13.2 Å². The molecule has 0 unspecified atom stereocenters. The van der Waals surface area contributed by atoms with Crippen LogP contribution >= 0.6 is 0 Å². The van der Waals surface area contributed by atoms with Crippen molar-refractivity contribution in [2.45, 2.75) is 11.3 Å². The van der Waals surface area contributed by atoms with Crippen LogP contribution in [0.25, 0.3) is 0 Å². The van der Waals surface area contributed by atoms with Crippen molar-refractivity contribution in [3.05, 3.63) is 17.7 Å². The molecule has 1 aromatic carbocycles. The maximum atomic E-state index is 12.0. The molecule has 108 valence electrons. The van der Waals surface area contributed by atoms with E-state index in [-0.39, 0.29) is 34.1 Å². The molecule has 0 amide bonds. The maximum absolute atomic E-state index is 12.0. The van der Waals surface area contributed by atoms with Crippen LogP contribution in [0.2, 0.25) is 0 Å². The second kappa shape index (κ2) is 6.30. The first-order valence-electron chi connectivity index (χ1n) is 5.53. The average molecular weight is 298 g/mol. The Morgan fingerprint density at radius 3 is 2.45 bits per heavy atom. The first-order valence-corrected chi connectivity index (χ1v) is 7.18. The van der Waals surface area contributed by atoms with Gasteiger partial charge in [-0.25, -0.2) is 13.2 Å². The number of carboxylic acid groups (broad SMARTS) is 1. The van der Waals surface area contributed by atoms with Gasteiger partial charge in [-0.1, -0.05) is 0 Å². The van der Waals surface area contributed by atoms with Gasteiger partial charge in [0.2, 0.25) is 0 Å². The van der Waals surface area contributed by atoms with Crippen LogP contribution in [0, 0.1) is 12.3 Å². The largest absolute Gasteiger partial charge is 0.493 e. The van der Waals surface area contributed by atoms with Gasteiger partial charge >= 0.3 is 5.97 Å². The van der Waals surface area contributed by atoms with Gasteiger partial charge < -0.3 is 14.6 Å². The van der Waals surface area contributed by atoms with E-state index in [2.05, 4.69) is 5.92 Å². The summed E-state index contributed by atoms with van der Waals surface area (Å²) < 4.78 is 34.0. The Morgan fingerprint density at radius 1 is 1.35 bits per heavy atom. The van der Waals surface area contributed by atoms with E-state index in [1.54, 1.807) is 0 Å². The number of sulfone groups is 1. The summed E-state index contributed by atoms with van der Waals surface area (Å²) in [6.07, 6.45) is 5.08. The van der Waals surface area contributed by atoms with Crippen LogP contribution in [0.4, 0.5) is 0 Å². The number of hydrogen-bond donors (Lipinski definition) is 1. The number of ether oxygens (including phenoxy) is 2. The Kier molecular flexibility index (Phi) is 5.00. The molecular weight excluding hydrogens is 284 g/mol. The zero-order valence-electron chi connectivity index (χ0n) is 11.0. The molecular formula is C13H14O6S. The van der Waals surface area contributed by atoms with E-state index < -0.39 is 15.8 Å². The molecule has 0 aliphatic heterocycles. The molecule has 0 heterocycles. The Hall–Kier alpha value is -2.20. The van der Waals surface area contributed by atoms with Crippen molar-refractivity contribution < 1.29 is 27.8 Å². The number of carbonyl (C=O) groups is 1. The maximum Gasteiger partial charge on any atom is 0.339 e. The lowest BCUT2D eigenvalue weighted by Crippen LogP contribution is -2.10. The third-order valence-corrected chi connectivity index (χ3v) is 4.25. The van der Waals surface area contributed by atoms with Crippen molar-refractivity contribution in [3.63, 3.8) is 0 Å². The van der Waals surface area contributed by atoms with Crippen molar-refractivity contribution in [2.75, 3.05) is 20.0 Å². The number of hydrogen-bond acceptors (Lipinski definition) is 5. The molecule has 0 saturated heterocycles. The molecule has 0 atom stereocenters. The fourth-order valence-electron chi connectivity index (χ4n) is 1.59. The van der Waals surface area contributed by atoms with E-state index in [0.29, 0.717) is 0 Å². The Bertz CT molecular complexity index is 654. The normalized spacial score (nSPS) is 10.7. The molecule has 20 heavy (non-hydrogen) atoms. The average Bonchev–Trinajstić information content (AvgIpc) is 2.43. The van der Waals surface area contributed by atoms with Gasteiger partial charge in [0.15, 0.2) is 21.3 Å². The van der Waals surface area contributed by atoms with E-state index >= 15 is 0 Å². The molecule has 0 radical (unpaired) electrons. The summed E-state index contributed by atoms with van der Waals surface area (Å²) in [5.74, 6) is 0.656. The summed E-state index contributed by atoms with van der Waals surface area (Å²) in [4.78, 5) is 11.0. The SMILES string of the molecule is C#CCCS(=O)(=O)c1cc(OC)c(OC)c(C(=O)O)c1. The summed E-state index contributed by atoms with van der Waals surface area (Å²) in [7, 11) is -1.11. The van der Waals surface area contributed by atoms with E-state index in [1.165, 1.54) is 20.3 Å². The molecule has 1 N–H and O–H groups in total. The highest BCUT2D eigenvalue weighted by molar-refractivity contribution is 7.91. The lowest BCUT2D eigenvalue weighted by molar-refractivity contribution is 0.0692. The lowest BCUT2D eigenvalue weighted by atomic mass is 10.2. The molecule has 0 fully saturated rings. The van der Waals surface area contributed by atoms with Crippen molar-refractivity contribution in [2.24, 2.45) is 0 Å². The Morgan fingerprint density at radius 2 is 2.00 bits per heavy atom. The second-order valence-electron chi connectivity index (χ2n) is 3.78. The minimum Gasteiger partial charge on any atom is -0.493 e. The summed E-state index contributed by atoms with van der Waals surface area (Å²) >= 11 is 0. The first kappa shape index (κ1) is 15.9. The molecule has 0 aliphatic carbocycles. The monoisotopic (exact) mass is 298 g/mol. The fraction of sp³-hybridized carbons (Fsp3) is 0.308. The lowest BCUT2D eigenvalue weighted by Gasteiger charge is -2.13. The number of benzene rings is 1. The third-order valence-electron chi connectivity index (χ3n) is 2.56. The fourth-order valence-corrected chi connectivity index (χ4v) is 2.79. The highest BCUT2D eigenvalue weighted by Crippen LogP contribution is 2.34. The van der Waals surface area contributed by atoms with Gasteiger partial charge in [-0.2, -0.15) is 0 Å². The molecule has 0 bridgehead atoms. The van der Waals surface area contributed by atoms with Gasteiger partial charge in [0.05, 0.1) is 24.9 Å². The van der Waals surface area contributed by atoms with E-state index in [0.717, 1.165) is 6.07 Å². The topological polar surface area (TPSA) is 89.9 Å². The summed E-state index contributed by atoms with van der Waals surface area (Å²) in [5, 5.41) is 9.12. The van der Waals surface area contributed by atoms with Gasteiger partial charge in [-0.3, -0.25) is 0 Å². The van der Waals surface area contributed by atoms with Crippen molar-refractivity contribution in [1.82, 2.24) is 0 Å². The minimum absolute atomic E-state index is 0.0316. The van der Waals surface area contributed by atoms with Gasteiger partial charge in [0.25, 0.3) is 0 Å². The minimum atomic E-state index is -3.68. The molecule has 1 aromatic rings. The summed E-state index contributed by atoms with van der Waals surface area (Å²) in [6, 6.07) is 2.26. The van der Waals surface area contributed by atoms with E-state index in [1.807, 2.05) is 0 Å². The van der Waals surface area contributed by atoms with Crippen LogP contribution < -0.4 is 9.47 Å². The number of terminal acetylenes is 1. The highest BCUT2D eigenvalue weighted by Gasteiger charge is 2.23. The molecule has 0 saturated carbocycles. The highest BCUT2D eigenvalue weighted by atomic mass is 32.2. The molecule has 0 aliphatic rings. The van der Waals surface area contributed by atoms with Gasteiger partial charge in [0, 0.05) is 12.5 Å². The van der Waals surface area contributed by atoms with Crippen LogP contribution in [-0.2, 0) is 9.84 Å². The van der Waals surface area contributed by atoms with Crippen molar-refractivity contribution in [3.8, 4) is 23.8 Å². The standard InChI is InChI=1S/C13H14O6S/c1-4-5-6-20(16,17)9-7-10(13(14)15)12(19-3)11(8-9)18-2/h1,7-8H,5-6H2,2-3H3,(H,14,15). The quantitative estimate of drug-likeness (QED) is 0.794. The van der Waals surface area contributed by atoms with Crippen LogP contribution in [-0.4, -0.2) is 39.5 Å². The van der Waals surface area contributed by atoms with Crippen LogP contribution in [0.15, 0.2) is 17.0 Å². The molecule has 1 rings (SSSR count). The summed E-state index contributed by atoms with van der Waals surface area (Å²) in [5.41, 5.74) is -0.286. The Labute approximate surface area is 117 Å². The number of aromatic carboxylic acids is 1. The van der Waals surface area contributed by atoms with Crippen LogP contribution in [0.1, 0.15) is 16.8 Å². The summed E-state index contributed by atoms with van der Waals surface area (Å²) in [6.45, 7) is 0. The van der Waals surface area contributed by atoms with Gasteiger partial charge in [-0.05, 0) is 6.07 Å². The predicted octanol–water partition coefficient (Wildman–Crippen LogP) is 1.20. The van der Waals surface area contributed by atoms with Gasteiger partial charge in [0.1, 0.15) is 5.56 Å². The third kappa shape index (κ3) is 3.22. The smallest absolute Gasteiger partial charge is 0.339 e. The van der Waals surface area contributed by atoms with Crippen molar-refractivity contribution >= 4 is 15.8 Å². The van der Waals surface area contributed by atoms with E-state index in [4.69, 9.17) is 21.0 Å². The molecule has 6 nitrogen and oxygen atoms in total. The van der Waals surface area contributed by atoms with Gasteiger partial charge in [-0.15, -0.1) is 12.3 Å². The number of carboxylic acids is 1.